The molecule has 2 unspecified atom stereocenters. The van der Waals surface area contributed by atoms with E-state index in [0.29, 0.717) is 6.10 Å². The van der Waals surface area contributed by atoms with E-state index in [1.807, 2.05) is 6.07 Å². The van der Waals surface area contributed by atoms with Crippen molar-refractivity contribution >= 4 is 5.69 Å². The number of ether oxygens (including phenoxy) is 1. The number of fused-ring (bicyclic) bond motifs is 1. The summed E-state index contributed by atoms with van der Waals surface area (Å²) in [5.74, 6) is 0. The summed E-state index contributed by atoms with van der Waals surface area (Å²) in [4.78, 5) is 2.42. The molecule has 1 aliphatic carbocycles. The van der Waals surface area contributed by atoms with Gasteiger partial charge in [0.2, 0.25) is 0 Å². The molecule has 1 saturated heterocycles. The Morgan fingerprint density at radius 2 is 1.95 bits per heavy atom. The van der Waals surface area contributed by atoms with Crippen LogP contribution in [0.1, 0.15) is 56.6 Å². The Bertz CT molecular complexity index is 510. The number of hydrogen-bond donors (Lipinski definition) is 1. The van der Waals surface area contributed by atoms with Crippen molar-refractivity contribution in [3.05, 3.63) is 29.8 Å². The molecular weight excluding hydrogens is 262 g/mol. The van der Waals surface area contributed by atoms with Gasteiger partial charge in [-0.1, -0.05) is 31.0 Å². The van der Waals surface area contributed by atoms with Crippen molar-refractivity contribution in [3.63, 3.8) is 0 Å². The van der Waals surface area contributed by atoms with Crippen LogP contribution in [0, 0.1) is 0 Å². The summed E-state index contributed by atoms with van der Waals surface area (Å²) < 4.78 is 6.45. The number of aliphatic hydroxyl groups is 1. The van der Waals surface area contributed by atoms with Gasteiger partial charge in [0.05, 0.1) is 17.8 Å². The Labute approximate surface area is 126 Å². The minimum Gasteiger partial charge on any atom is -0.388 e. The predicted molar refractivity (Wildman–Crippen MR) is 83.5 cm³/mol. The number of nitrogens with zero attached hydrogens (tertiary/aromatic N) is 1. The second-order valence-corrected chi connectivity index (χ2v) is 6.98. The molecule has 2 heterocycles. The highest BCUT2D eigenvalue weighted by atomic mass is 16.5. The van der Waals surface area contributed by atoms with Crippen LogP contribution in [0.2, 0.25) is 0 Å². The van der Waals surface area contributed by atoms with E-state index in [9.17, 15) is 5.11 Å². The number of benzene rings is 1. The van der Waals surface area contributed by atoms with Gasteiger partial charge in [-0.3, -0.25) is 0 Å². The lowest BCUT2D eigenvalue weighted by Crippen LogP contribution is -2.38. The Kier molecular flexibility index (Phi) is 3.43. The van der Waals surface area contributed by atoms with Gasteiger partial charge in [0.25, 0.3) is 0 Å². The van der Waals surface area contributed by atoms with E-state index >= 15 is 0 Å². The van der Waals surface area contributed by atoms with E-state index < -0.39 is 0 Å². The maximum Gasteiger partial charge on any atom is 0.0826 e. The lowest BCUT2D eigenvalue weighted by Gasteiger charge is -2.35. The monoisotopic (exact) mass is 287 g/mol. The van der Waals surface area contributed by atoms with E-state index in [2.05, 4.69) is 23.1 Å². The number of para-hydroxylation sites is 1. The van der Waals surface area contributed by atoms with Gasteiger partial charge in [-0.15, -0.1) is 0 Å². The minimum absolute atomic E-state index is 0.222. The fraction of sp³-hybridized carbons (Fsp3) is 0.667. The molecule has 2 fully saturated rings. The van der Waals surface area contributed by atoms with E-state index in [1.54, 1.807) is 0 Å². The average molecular weight is 287 g/mol. The number of hydrogen-bond acceptors (Lipinski definition) is 3. The molecule has 0 amide bonds. The lowest BCUT2D eigenvalue weighted by atomic mass is 9.97. The third-order valence-corrected chi connectivity index (χ3v) is 5.59. The number of aliphatic hydroxyl groups excluding tert-OH is 1. The molecule has 21 heavy (non-hydrogen) atoms. The summed E-state index contributed by atoms with van der Waals surface area (Å²) in [5, 5.41) is 10.1. The van der Waals surface area contributed by atoms with Crippen LogP contribution in [0.15, 0.2) is 24.3 Å². The lowest BCUT2D eigenvalue weighted by molar-refractivity contribution is -0.0331. The summed E-state index contributed by atoms with van der Waals surface area (Å²) in [6.45, 7) is 1.91. The highest BCUT2D eigenvalue weighted by molar-refractivity contribution is 5.56. The fourth-order valence-corrected chi connectivity index (χ4v) is 4.46. The molecular formula is C18H25NO2. The molecule has 1 aromatic carbocycles. The van der Waals surface area contributed by atoms with Gasteiger partial charge in [0, 0.05) is 24.3 Å². The average Bonchev–Trinajstić information content (AvgIpc) is 3.13. The molecule has 2 atom stereocenters. The Morgan fingerprint density at radius 1 is 1.14 bits per heavy atom. The zero-order valence-corrected chi connectivity index (χ0v) is 12.6. The molecule has 3 aliphatic rings. The first kappa shape index (κ1) is 13.6. The maximum absolute atomic E-state index is 10.1. The van der Waals surface area contributed by atoms with Crippen LogP contribution in [0.5, 0.6) is 0 Å². The predicted octanol–water partition coefficient (Wildman–Crippen LogP) is 3.42. The highest BCUT2D eigenvalue weighted by Gasteiger charge is 2.42. The van der Waals surface area contributed by atoms with Crippen LogP contribution in [-0.4, -0.2) is 29.9 Å². The summed E-state index contributed by atoms with van der Waals surface area (Å²) >= 11 is 0. The topological polar surface area (TPSA) is 32.7 Å². The highest BCUT2D eigenvalue weighted by Crippen LogP contribution is 2.44. The van der Waals surface area contributed by atoms with Crippen molar-refractivity contribution in [1.82, 2.24) is 0 Å². The fourth-order valence-electron chi connectivity index (χ4n) is 4.46. The standard InChI is InChI=1S/C18H25NO2/c20-17-8-12-19(16-6-2-1-5-15(16)17)13-14-7-11-18(21-14)9-3-4-10-18/h1-2,5-6,14,17,20H,3-4,7-13H2. The van der Waals surface area contributed by atoms with Crippen molar-refractivity contribution in [3.8, 4) is 0 Å². The Morgan fingerprint density at radius 3 is 2.81 bits per heavy atom. The zero-order valence-electron chi connectivity index (χ0n) is 12.6. The van der Waals surface area contributed by atoms with Gasteiger partial charge in [-0.25, -0.2) is 0 Å². The van der Waals surface area contributed by atoms with Gasteiger partial charge in [-0.05, 0) is 38.2 Å². The van der Waals surface area contributed by atoms with Crippen LogP contribution in [0.25, 0.3) is 0 Å². The van der Waals surface area contributed by atoms with Gasteiger partial charge in [0.1, 0.15) is 0 Å². The summed E-state index contributed by atoms with van der Waals surface area (Å²) in [7, 11) is 0. The molecule has 0 radical (unpaired) electrons. The first-order valence-electron chi connectivity index (χ1n) is 8.46. The maximum atomic E-state index is 10.1. The van der Waals surface area contributed by atoms with Crippen LogP contribution < -0.4 is 4.90 Å². The quantitative estimate of drug-likeness (QED) is 0.904. The molecule has 3 nitrogen and oxygen atoms in total. The van der Waals surface area contributed by atoms with Crippen molar-refractivity contribution in [2.24, 2.45) is 0 Å². The van der Waals surface area contributed by atoms with Crippen LogP contribution in [0.3, 0.4) is 0 Å². The van der Waals surface area contributed by atoms with E-state index in [0.717, 1.165) is 25.1 Å². The van der Waals surface area contributed by atoms with E-state index in [4.69, 9.17) is 4.74 Å². The minimum atomic E-state index is -0.303. The van der Waals surface area contributed by atoms with Gasteiger partial charge in [-0.2, -0.15) is 0 Å². The SMILES string of the molecule is OC1CCN(CC2CCC3(CCCC3)O2)c2ccccc21. The molecule has 1 aromatic rings. The molecule has 0 bridgehead atoms. The first-order chi connectivity index (χ1) is 10.3. The van der Waals surface area contributed by atoms with Crippen molar-refractivity contribution in [2.75, 3.05) is 18.0 Å². The Balaban J connectivity index is 1.47. The van der Waals surface area contributed by atoms with Gasteiger partial charge >= 0.3 is 0 Å². The largest absolute Gasteiger partial charge is 0.388 e. The van der Waals surface area contributed by atoms with Crippen molar-refractivity contribution in [2.45, 2.75) is 62.8 Å². The molecule has 1 saturated carbocycles. The van der Waals surface area contributed by atoms with Crippen molar-refractivity contribution in [1.29, 1.82) is 0 Å². The summed E-state index contributed by atoms with van der Waals surface area (Å²) in [5.41, 5.74) is 2.50. The molecule has 1 N–H and O–H groups in total. The second-order valence-electron chi connectivity index (χ2n) is 6.98. The number of anilines is 1. The molecule has 4 rings (SSSR count). The molecule has 114 valence electrons. The smallest absolute Gasteiger partial charge is 0.0826 e. The van der Waals surface area contributed by atoms with Crippen LogP contribution >= 0.6 is 0 Å². The van der Waals surface area contributed by atoms with Gasteiger partial charge < -0.3 is 14.7 Å². The van der Waals surface area contributed by atoms with Crippen LogP contribution in [0.4, 0.5) is 5.69 Å². The van der Waals surface area contributed by atoms with Crippen LogP contribution in [-0.2, 0) is 4.74 Å². The van der Waals surface area contributed by atoms with E-state index in [-0.39, 0.29) is 11.7 Å². The van der Waals surface area contributed by atoms with Gasteiger partial charge in [0.15, 0.2) is 0 Å². The molecule has 0 aromatic heterocycles. The molecule has 1 spiro atoms. The third-order valence-electron chi connectivity index (χ3n) is 5.59. The number of rotatable bonds is 2. The zero-order chi connectivity index (χ0) is 14.3. The van der Waals surface area contributed by atoms with Crippen molar-refractivity contribution < 1.29 is 9.84 Å². The third kappa shape index (κ3) is 2.47. The molecule has 2 aliphatic heterocycles. The Hall–Kier alpha value is -1.06. The summed E-state index contributed by atoms with van der Waals surface area (Å²) in [6, 6.07) is 8.28. The normalized spacial score (nSPS) is 30.8. The molecule has 3 heteroatoms. The van der Waals surface area contributed by atoms with E-state index in [1.165, 1.54) is 44.2 Å². The second kappa shape index (κ2) is 5.29. The first-order valence-corrected chi connectivity index (χ1v) is 8.46. The summed E-state index contributed by atoms with van der Waals surface area (Å²) in [6.07, 6.45) is 8.54.